The molecular weight excluding hydrogens is 131 g/mol. The zero-order chi connectivity index (χ0) is 5.98. The van der Waals surface area contributed by atoms with Gasteiger partial charge in [0, 0.05) is 11.5 Å². The Kier molecular flexibility index (Phi) is 4.12. The minimum atomic E-state index is -1.02. The Morgan fingerprint density at radius 2 is 2.44 bits per heavy atom. The van der Waals surface area contributed by atoms with E-state index in [-0.39, 0.29) is 18.9 Å². The number of rotatable bonds is 1. The zero-order valence-corrected chi connectivity index (χ0v) is 6.03. The SMILES string of the molecule is O=C([O-])C1=CCSC1.[Li+]. The van der Waals surface area contributed by atoms with E-state index in [1.54, 1.807) is 17.8 Å². The molecule has 0 spiro atoms. The summed E-state index contributed by atoms with van der Waals surface area (Å²) in [7, 11) is 0. The van der Waals surface area contributed by atoms with Crippen molar-refractivity contribution in [2.45, 2.75) is 0 Å². The monoisotopic (exact) mass is 136 g/mol. The molecule has 9 heavy (non-hydrogen) atoms. The second-order valence-corrected chi connectivity index (χ2v) is 2.56. The Hall–Kier alpha value is 0.157. The summed E-state index contributed by atoms with van der Waals surface area (Å²) in [6.07, 6.45) is 1.69. The van der Waals surface area contributed by atoms with Crippen LogP contribution in [0.4, 0.5) is 0 Å². The molecule has 44 valence electrons. The number of carboxylic acids is 1. The molecule has 1 rings (SSSR count). The Labute approximate surface area is 69.9 Å². The average molecular weight is 136 g/mol. The minimum Gasteiger partial charge on any atom is -0.545 e. The molecule has 0 aromatic rings. The third-order valence-electron chi connectivity index (χ3n) is 0.967. The normalized spacial score (nSPS) is 16.2. The summed E-state index contributed by atoms with van der Waals surface area (Å²) in [6, 6.07) is 0. The molecule has 1 aliphatic rings. The fourth-order valence-corrected chi connectivity index (χ4v) is 1.42. The second kappa shape index (κ2) is 4.05. The van der Waals surface area contributed by atoms with Crippen LogP contribution >= 0.6 is 11.8 Å². The molecule has 0 saturated carbocycles. The quantitative estimate of drug-likeness (QED) is 0.350. The molecule has 0 bridgehead atoms. The van der Waals surface area contributed by atoms with E-state index in [0.29, 0.717) is 11.3 Å². The number of carbonyl (C=O) groups is 1. The predicted octanol–water partition coefficient (Wildman–Crippen LogP) is -3.59. The van der Waals surface area contributed by atoms with Gasteiger partial charge in [0.05, 0.1) is 5.97 Å². The van der Waals surface area contributed by atoms with Gasteiger partial charge in [-0.05, 0) is 5.57 Å². The van der Waals surface area contributed by atoms with Crippen molar-refractivity contribution in [1.29, 1.82) is 0 Å². The van der Waals surface area contributed by atoms with Crippen LogP contribution in [0.25, 0.3) is 0 Å². The third-order valence-corrected chi connectivity index (χ3v) is 1.88. The first-order valence-electron chi connectivity index (χ1n) is 2.29. The maximum absolute atomic E-state index is 10.0. The number of hydrogen-bond donors (Lipinski definition) is 0. The van der Waals surface area contributed by atoms with Gasteiger partial charge in [0.15, 0.2) is 0 Å². The largest absolute Gasteiger partial charge is 1.00 e. The van der Waals surface area contributed by atoms with Gasteiger partial charge in [-0.1, -0.05) is 6.08 Å². The molecule has 0 radical (unpaired) electrons. The van der Waals surface area contributed by atoms with Crippen LogP contribution in [0.1, 0.15) is 0 Å². The van der Waals surface area contributed by atoms with Crippen LogP contribution in [0.2, 0.25) is 0 Å². The van der Waals surface area contributed by atoms with Gasteiger partial charge in [-0.15, -0.1) is 0 Å². The Morgan fingerprint density at radius 1 is 1.78 bits per heavy atom. The third kappa shape index (κ3) is 2.48. The van der Waals surface area contributed by atoms with E-state index in [9.17, 15) is 9.90 Å². The van der Waals surface area contributed by atoms with E-state index in [4.69, 9.17) is 0 Å². The molecule has 1 aliphatic heterocycles. The summed E-state index contributed by atoms with van der Waals surface area (Å²) >= 11 is 1.60. The minimum absolute atomic E-state index is 0. The van der Waals surface area contributed by atoms with Gasteiger partial charge in [-0.3, -0.25) is 0 Å². The van der Waals surface area contributed by atoms with Crippen molar-refractivity contribution in [2.75, 3.05) is 11.5 Å². The zero-order valence-electron chi connectivity index (χ0n) is 5.22. The molecule has 0 aliphatic carbocycles. The maximum Gasteiger partial charge on any atom is 1.00 e. The Balaban J connectivity index is 0.000000640. The first kappa shape index (κ1) is 9.16. The van der Waals surface area contributed by atoms with E-state index >= 15 is 0 Å². The smallest absolute Gasteiger partial charge is 0.545 e. The van der Waals surface area contributed by atoms with Gasteiger partial charge < -0.3 is 9.90 Å². The number of hydrogen-bond acceptors (Lipinski definition) is 3. The molecule has 0 unspecified atom stereocenters. The summed E-state index contributed by atoms with van der Waals surface area (Å²) in [5.74, 6) is 0.418. The molecule has 0 aromatic heterocycles. The maximum atomic E-state index is 10.0. The van der Waals surface area contributed by atoms with Gasteiger partial charge in [-0.25, -0.2) is 0 Å². The van der Waals surface area contributed by atoms with Crippen molar-refractivity contribution in [3.05, 3.63) is 11.6 Å². The molecular formula is C5H5LiO2S. The van der Waals surface area contributed by atoms with Crippen molar-refractivity contribution in [2.24, 2.45) is 0 Å². The van der Waals surface area contributed by atoms with E-state index in [1.165, 1.54) is 0 Å². The molecule has 4 heteroatoms. The standard InChI is InChI=1S/C5H6O2S.Li/c6-5(7)4-1-2-8-3-4;/h1H,2-3H2,(H,6,7);/q;+1/p-1. The average Bonchev–Trinajstić information content (AvgIpc) is 2.12. The molecule has 2 nitrogen and oxygen atoms in total. The van der Waals surface area contributed by atoms with Gasteiger partial charge in [0.1, 0.15) is 0 Å². The fourth-order valence-electron chi connectivity index (χ4n) is 0.530. The van der Waals surface area contributed by atoms with Crippen LogP contribution in [0.15, 0.2) is 11.6 Å². The van der Waals surface area contributed by atoms with Gasteiger partial charge in [-0.2, -0.15) is 11.8 Å². The molecule has 0 fully saturated rings. The van der Waals surface area contributed by atoms with Crippen LogP contribution in [0.3, 0.4) is 0 Å². The summed E-state index contributed by atoms with van der Waals surface area (Å²) in [4.78, 5) is 10.0. The molecule has 0 saturated heterocycles. The molecule has 0 N–H and O–H groups in total. The van der Waals surface area contributed by atoms with Crippen LogP contribution in [-0.2, 0) is 4.79 Å². The fraction of sp³-hybridized carbons (Fsp3) is 0.400. The van der Waals surface area contributed by atoms with Gasteiger partial charge in [0.25, 0.3) is 0 Å². The van der Waals surface area contributed by atoms with Crippen LogP contribution < -0.4 is 24.0 Å². The van der Waals surface area contributed by atoms with Crippen molar-refractivity contribution in [1.82, 2.24) is 0 Å². The molecule has 0 aromatic carbocycles. The van der Waals surface area contributed by atoms with Crippen molar-refractivity contribution in [3.63, 3.8) is 0 Å². The predicted molar refractivity (Wildman–Crippen MR) is 30.4 cm³/mol. The second-order valence-electron chi connectivity index (χ2n) is 1.53. The van der Waals surface area contributed by atoms with Crippen molar-refractivity contribution < 1.29 is 28.8 Å². The first-order valence-corrected chi connectivity index (χ1v) is 3.44. The molecule has 0 amide bonds. The topological polar surface area (TPSA) is 40.1 Å². The van der Waals surface area contributed by atoms with Crippen LogP contribution in [0.5, 0.6) is 0 Å². The van der Waals surface area contributed by atoms with Crippen molar-refractivity contribution >= 4 is 17.7 Å². The van der Waals surface area contributed by atoms with Crippen LogP contribution in [-0.4, -0.2) is 17.5 Å². The summed E-state index contributed by atoms with van der Waals surface area (Å²) in [5, 5.41) is 10.0. The number of carbonyl (C=O) groups excluding carboxylic acids is 1. The summed E-state index contributed by atoms with van der Waals surface area (Å²) in [5.41, 5.74) is 0.440. The van der Waals surface area contributed by atoms with Crippen LogP contribution in [0, 0.1) is 0 Å². The summed E-state index contributed by atoms with van der Waals surface area (Å²) in [6.45, 7) is 0. The Bertz CT molecular complexity index is 144. The van der Waals surface area contributed by atoms with Gasteiger partial charge >= 0.3 is 18.9 Å². The summed E-state index contributed by atoms with van der Waals surface area (Å²) < 4.78 is 0. The molecule has 1 heterocycles. The van der Waals surface area contributed by atoms with Gasteiger partial charge in [0.2, 0.25) is 0 Å². The van der Waals surface area contributed by atoms with Crippen molar-refractivity contribution in [3.8, 4) is 0 Å². The number of aliphatic carboxylic acids is 1. The van der Waals surface area contributed by atoms with E-state index in [0.717, 1.165) is 5.75 Å². The van der Waals surface area contributed by atoms with E-state index in [2.05, 4.69) is 0 Å². The number of carboxylic acid groups (broad SMARTS) is 1. The van der Waals surface area contributed by atoms with E-state index < -0.39 is 5.97 Å². The number of thioether (sulfide) groups is 1. The molecule has 0 atom stereocenters. The first-order chi connectivity index (χ1) is 3.80. The van der Waals surface area contributed by atoms with E-state index in [1.807, 2.05) is 0 Å². The Morgan fingerprint density at radius 3 is 2.67 bits per heavy atom.